The Hall–Kier alpha value is -2.91. The predicted octanol–water partition coefficient (Wildman–Crippen LogP) is 6.22. The first-order valence-electron chi connectivity index (χ1n) is 11.1. The Labute approximate surface area is 178 Å². The van der Waals surface area contributed by atoms with Gasteiger partial charge in [-0.25, -0.2) is 4.98 Å². The maximum Gasteiger partial charge on any atom is 0.119 e. The molecule has 152 valence electrons. The molecule has 0 amide bonds. The van der Waals surface area contributed by atoms with Gasteiger partial charge in [0.2, 0.25) is 0 Å². The van der Waals surface area contributed by atoms with Crippen LogP contribution in [0, 0.1) is 0 Å². The van der Waals surface area contributed by atoms with Crippen LogP contribution in [0.3, 0.4) is 0 Å². The largest absolute Gasteiger partial charge is 0.494 e. The summed E-state index contributed by atoms with van der Waals surface area (Å²) in [4.78, 5) is 7.79. The number of benzene rings is 3. The number of hydrogen-bond donors (Lipinski definition) is 0. The second-order valence-electron chi connectivity index (χ2n) is 8.09. The van der Waals surface area contributed by atoms with Gasteiger partial charge in [0, 0.05) is 24.0 Å². The van der Waals surface area contributed by atoms with Crippen LogP contribution in [0.2, 0.25) is 0 Å². The summed E-state index contributed by atoms with van der Waals surface area (Å²) < 4.78 is 5.78. The van der Waals surface area contributed by atoms with E-state index in [2.05, 4.69) is 66.4 Å². The molecule has 0 spiro atoms. The third kappa shape index (κ3) is 3.33. The molecule has 3 nitrogen and oxygen atoms in total. The number of rotatable bonds is 5. The SMILES string of the molecule is CCCN1CCc2c(c(-c3cccc(OCC)c3)nc3ccc4ccccc4c23)C1. The summed E-state index contributed by atoms with van der Waals surface area (Å²) >= 11 is 0. The first-order chi connectivity index (χ1) is 14.8. The molecule has 0 fully saturated rings. The third-order valence-corrected chi connectivity index (χ3v) is 6.11. The van der Waals surface area contributed by atoms with Crippen molar-refractivity contribution in [2.45, 2.75) is 33.2 Å². The van der Waals surface area contributed by atoms with Crippen molar-refractivity contribution < 1.29 is 4.74 Å². The van der Waals surface area contributed by atoms with Crippen molar-refractivity contribution in [3.8, 4) is 17.0 Å². The van der Waals surface area contributed by atoms with Crippen LogP contribution in [0.4, 0.5) is 0 Å². The molecule has 0 unspecified atom stereocenters. The van der Waals surface area contributed by atoms with Crippen molar-refractivity contribution >= 4 is 21.7 Å². The van der Waals surface area contributed by atoms with Crippen LogP contribution in [-0.2, 0) is 13.0 Å². The Morgan fingerprint density at radius 3 is 2.73 bits per heavy atom. The zero-order valence-electron chi connectivity index (χ0n) is 17.8. The molecule has 0 saturated heterocycles. The van der Waals surface area contributed by atoms with E-state index in [1.54, 1.807) is 0 Å². The van der Waals surface area contributed by atoms with Crippen LogP contribution in [0.5, 0.6) is 5.75 Å². The highest BCUT2D eigenvalue weighted by molar-refractivity contribution is 6.09. The van der Waals surface area contributed by atoms with Crippen LogP contribution < -0.4 is 4.74 Å². The zero-order chi connectivity index (χ0) is 20.5. The third-order valence-electron chi connectivity index (χ3n) is 6.11. The van der Waals surface area contributed by atoms with Gasteiger partial charge in [-0.15, -0.1) is 0 Å². The Kier molecular flexibility index (Phi) is 5.14. The Bertz CT molecular complexity index is 1210. The second-order valence-corrected chi connectivity index (χ2v) is 8.09. The predicted molar refractivity (Wildman–Crippen MR) is 125 cm³/mol. The average molecular weight is 397 g/mol. The van der Waals surface area contributed by atoms with E-state index in [4.69, 9.17) is 9.72 Å². The number of hydrogen-bond acceptors (Lipinski definition) is 3. The second kappa shape index (κ2) is 8.08. The molecule has 0 atom stereocenters. The van der Waals surface area contributed by atoms with Crippen molar-refractivity contribution in [2.75, 3.05) is 19.7 Å². The van der Waals surface area contributed by atoms with Gasteiger partial charge in [-0.1, -0.05) is 49.4 Å². The molecule has 1 aromatic heterocycles. The van der Waals surface area contributed by atoms with E-state index in [0.29, 0.717) is 6.61 Å². The molecule has 4 aromatic rings. The smallest absolute Gasteiger partial charge is 0.119 e. The van der Waals surface area contributed by atoms with Crippen LogP contribution >= 0.6 is 0 Å². The van der Waals surface area contributed by atoms with Crippen molar-refractivity contribution in [2.24, 2.45) is 0 Å². The lowest BCUT2D eigenvalue weighted by molar-refractivity contribution is 0.255. The van der Waals surface area contributed by atoms with E-state index in [1.807, 2.05) is 13.0 Å². The molecule has 2 heterocycles. The fraction of sp³-hybridized carbons (Fsp3) is 0.296. The minimum atomic E-state index is 0.670. The van der Waals surface area contributed by atoms with Crippen molar-refractivity contribution in [3.05, 3.63) is 71.8 Å². The van der Waals surface area contributed by atoms with Gasteiger partial charge in [0.25, 0.3) is 0 Å². The monoisotopic (exact) mass is 396 g/mol. The molecule has 3 aromatic carbocycles. The van der Waals surface area contributed by atoms with Gasteiger partial charge in [-0.2, -0.15) is 0 Å². The average Bonchev–Trinajstić information content (AvgIpc) is 2.79. The molecule has 0 radical (unpaired) electrons. The summed E-state index contributed by atoms with van der Waals surface area (Å²) in [6, 6.07) is 21.5. The first kappa shape index (κ1) is 19.1. The molecular formula is C27H28N2O. The van der Waals surface area contributed by atoms with Crippen LogP contribution in [0.25, 0.3) is 32.9 Å². The molecule has 5 rings (SSSR count). The molecule has 0 saturated carbocycles. The summed E-state index contributed by atoms with van der Waals surface area (Å²) in [6.45, 7) is 8.16. The van der Waals surface area contributed by atoms with Crippen LogP contribution in [0.1, 0.15) is 31.4 Å². The maximum absolute atomic E-state index is 5.78. The lowest BCUT2D eigenvalue weighted by atomic mass is 9.89. The molecule has 30 heavy (non-hydrogen) atoms. The first-order valence-corrected chi connectivity index (χ1v) is 11.1. The molecule has 0 aliphatic carbocycles. The zero-order valence-corrected chi connectivity index (χ0v) is 17.8. The number of nitrogens with zero attached hydrogens (tertiary/aromatic N) is 2. The summed E-state index contributed by atoms with van der Waals surface area (Å²) in [5.74, 6) is 0.908. The molecule has 3 heteroatoms. The number of pyridine rings is 1. The number of aromatic nitrogens is 1. The fourth-order valence-electron chi connectivity index (χ4n) is 4.82. The summed E-state index contributed by atoms with van der Waals surface area (Å²) in [5, 5.41) is 3.94. The summed E-state index contributed by atoms with van der Waals surface area (Å²) in [5.41, 5.74) is 6.20. The quantitative estimate of drug-likeness (QED) is 0.374. The van der Waals surface area contributed by atoms with Gasteiger partial charge in [0.05, 0.1) is 17.8 Å². The van der Waals surface area contributed by atoms with Gasteiger partial charge in [0.1, 0.15) is 5.75 Å². The summed E-state index contributed by atoms with van der Waals surface area (Å²) in [7, 11) is 0. The van der Waals surface area contributed by atoms with E-state index < -0.39 is 0 Å². The molecular weight excluding hydrogens is 368 g/mol. The Morgan fingerprint density at radius 2 is 1.87 bits per heavy atom. The van der Waals surface area contributed by atoms with Crippen molar-refractivity contribution in [1.82, 2.24) is 9.88 Å². The highest BCUT2D eigenvalue weighted by atomic mass is 16.5. The lowest BCUT2D eigenvalue weighted by Crippen LogP contribution is -2.32. The van der Waals surface area contributed by atoms with Gasteiger partial charge in [-0.05, 0) is 66.4 Å². The van der Waals surface area contributed by atoms with Gasteiger partial charge in [0.15, 0.2) is 0 Å². The van der Waals surface area contributed by atoms with E-state index >= 15 is 0 Å². The molecule has 0 N–H and O–H groups in total. The Balaban J connectivity index is 1.77. The fourth-order valence-corrected chi connectivity index (χ4v) is 4.82. The van der Waals surface area contributed by atoms with Gasteiger partial charge < -0.3 is 4.74 Å². The molecule has 0 bridgehead atoms. The van der Waals surface area contributed by atoms with Crippen LogP contribution in [-0.4, -0.2) is 29.6 Å². The van der Waals surface area contributed by atoms with E-state index in [-0.39, 0.29) is 0 Å². The number of ether oxygens (including phenoxy) is 1. The highest BCUT2D eigenvalue weighted by Gasteiger charge is 2.24. The minimum Gasteiger partial charge on any atom is -0.494 e. The van der Waals surface area contributed by atoms with E-state index in [1.165, 1.54) is 33.7 Å². The standard InChI is InChI=1S/C27H28N2O/c1-3-15-29-16-14-23-24(18-29)27(20-9-7-10-21(17-20)30-4-2)28-25-13-12-19-8-5-6-11-22(19)26(23)25/h5-13,17H,3-4,14-16,18H2,1-2H3. The van der Waals surface area contributed by atoms with Crippen molar-refractivity contribution in [1.29, 1.82) is 0 Å². The topological polar surface area (TPSA) is 25.4 Å². The lowest BCUT2D eigenvalue weighted by Gasteiger charge is -2.31. The highest BCUT2D eigenvalue weighted by Crippen LogP contribution is 2.38. The number of fused-ring (bicyclic) bond motifs is 5. The Morgan fingerprint density at radius 1 is 0.967 bits per heavy atom. The molecule has 1 aliphatic heterocycles. The minimum absolute atomic E-state index is 0.670. The maximum atomic E-state index is 5.78. The van der Waals surface area contributed by atoms with Crippen LogP contribution in [0.15, 0.2) is 60.7 Å². The molecule has 1 aliphatic rings. The van der Waals surface area contributed by atoms with Crippen molar-refractivity contribution in [3.63, 3.8) is 0 Å². The van der Waals surface area contributed by atoms with Gasteiger partial charge >= 0.3 is 0 Å². The summed E-state index contributed by atoms with van der Waals surface area (Å²) in [6.07, 6.45) is 2.24. The van der Waals surface area contributed by atoms with E-state index in [9.17, 15) is 0 Å². The normalized spacial score (nSPS) is 14.2. The van der Waals surface area contributed by atoms with E-state index in [0.717, 1.165) is 48.6 Å². The van der Waals surface area contributed by atoms with Gasteiger partial charge in [-0.3, -0.25) is 4.90 Å².